The Balaban J connectivity index is 1.15. The Morgan fingerprint density at radius 3 is 2.80 bits per heavy atom. The van der Waals surface area contributed by atoms with Crippen LogP contribution in [0.1, 0.15) is 46.7 Å². The minimum atomic E-state index is 0.343. The van der Waals surface area contributed by atoms with E-state index in [0.717, 1.165) is 27.7 Å². The van der Waals surface area contributed by atoms with Gasteiger partial charge >= 0.3 is 0 Å². The van der Waals surface area contributed by atoms with Crippen LogP contribution in [0.2, 0.25) is 0 Å². The second-order valence-electron chi connectivity index (χ2n) is 9.21. The standard InChI is InChI=1S/C27H27N7O/c1-16-9-22-21(7-8-29-27(22)28)17(2)23(16)11-30-24-10-26(32-15-31-24)35-14-20-13-34-12-19(18-3-4-18)5-6-25(34)33-20/h5-10,12-13,15,18H,3-4,11,14H2,1-2H3,(H2,28,29)(H,30,31,32). The quantitative estimate of drug-likeness (QED) is 0.351. The molecule has 35 heavy (non-hydrogen) atoms. The zero-order chi connectivity index (χ0) is 23.9. The summed E-state index contributed by atoms with van der Waals surface area (Å²) in [6.45, 7) is 5.17. The van der Waals surface area contributed by atoms with Crippen molar-refractivity contribution in [1.29, 1.82) is 0 Å². The number of anilines is 2. The van der Waals surface area contributed by atoms with Crippen LogP contribution >= 0.6 is 0 Å². The number of aromatic nitrogens is 5. The van der Waals surface area contributed by atoms with Gasteiger partial charge in [0.05, 0.1) is 5.69 Å². The number of ether oxygens (including phenoxy) is 1. The van der Waals surface area contributed by atoms with Gasteiger partial charge < -0.3 is 20.2 Å². The molecule has 0 aliphatic heterocycles. The SMILES string of the molecule is Cc1cc2c(N)nccc2c(C)c1CNc1cc(OCc2cn3cc(C4CC4)ccc3n2)ncn1. The lowest BCUT2D eigenvalue weighted by atomic mass is 9.96. The number of pyridine rings is 2. The predicted octanol–water partition coefficient (Wildman–Crippen LogP) is 4.94. The second kappa shape index (κ2) is 8.54. The van der Waals surface area contributed by atoms with E-state index in [1.807, 2.05) is 18.3 Å². The van der Waals surface area contributed by atoms with E-state index in [2.05, 4.69) is 67.9 Å². The van der Waals surface area contributed by atoms with Gasteiger partial charge in [-0.25, -0.2) is 19.9 Å². The topological polar surface area (TPSA) is 103 Å². The van der Waals surface area contributed by atoms with Crippen LogP contribution < -0.4 is 15.8 Å². The van der Waals surface area contributed by atoms with Crippen molar-refractivity contribution in [2.24, 2.45) is 0 Å². The molecule has 0 bridgehead atoms. The van der Waals surface area contributed by atoms with Gasteiger partial charge in [0, 0.05) is 36.6 Å². The van der Waals surface area contributed by atoms with E-state index in [9.17, 15) is 0 Å². The highest BCUT2D eigenvalue weighted by atomic mass is 16.5. The molecule has 5 aromatic rings. The van der Waals surface area contributed by atoms with Crippen LogP contribution in [0.25, 0.3) is 16.4 Å². The summed E-state index contributed by atoms with van der Waals surface area (Å²) in [6, 6.07) is 10.2. The molecule has 3 N–H and O–H groups in total. The van der Waals surface area contributed by atoms with Crippen molar-refractivity contribution in [3.05, 3.63) is 83.2 Å². The monoisotopic (exact) mass is 465 g/mol. The van der Waals surface area contributed by atoms with E-state index >= 15 is 0 Å². The molecule has 1 aliphatic rings. The summed E-state index contributed by atoms with van der Waals surface area (Å²) in [4.78, 5) is 17.5. The van der Waals surface area contributed by atoms with Crippen molar-refractivity contribution in [3.8, 4) is 5.88 Å². The van der Waals surface area contributed by atoms with Crippen molar-refractivity contribution >= 4 is 28.1 Å². The van der Waals surface area contributed by atoms with E-state index in [1.54, 1.807) is 6.20 Å². The van der Waals surface area contributed by atoms with Crippen LogP contribution in [-0.2, 0) is 13.2 Å². The summed E-state index contributed by atoms with van der Waals surface area (Å²) in [5.74, 6) is 2.47. The lowest BCUT2D eigenvalue weighted by Gasteiger charge is -2.15. The number of nitrogen functional groups attached to an aromatic ring is 1. The molecule has 4 heterocycles. The summed E-state index contributed by atoms with van der Waals surface area (Å²) < 4.78 is 8.02. The molecule has 4 aromatic heterocycles. The number of aryl methyl sites for hydroxylation is 2. The first-order chi connectivity index (χ1) is 17.0. The fraction of sp³-hybridized carbons (Fsp3) is 0.259. The molecule has 0 unspecified atom stereocenters. The third kappa shape index (κ3) is 4.23. The molecular weight excluding hydrogens is 438 g/mol. The van der Waals surface area contributed by atoms with Crippen molar-refractivity contribution in [3.63, 3.8) is 0 Å². The number of benzene rings is 1. The van der Waals surface area contributed by atoms with E-state index in [0.29, 0.717) is 36.6 Å². The Hall–Kier alpha value is -4.20. The number of nitrogens with zero attached hydrogens (tertiary/aromatic N) is 5. The number of imidazole rings is 1. The Labute approximate surface area is 203 Å². The largest absolute Gasteiger partial charge is 0.471 e. The predicted molar refractivity (Wildman–Crippen MR) is 136 cm³/mol. The van der Waals surface area contributed by atoms with E-state index in [1.165, 1.54) is 35.9 Å². The van der Waals surface area contributed by atoms with E-state index in [4.69, 9.17) is 10.5 Å². The van der Waals surface area contributed by atoms with Gasteiger partial charge in [-0.2, -0.15) is 0 Å². The molecule has 6 rings (SSSR count). The Kier molecular flexibility index (Phi) is 5.21. The van der Waals surface area contributed by atoms with E-state index < -0.39 is 0 Å². The minimum absolute atomic E-state index is 0.343. The third-order valence-corrected chi connectivity index (χ3v) is 6.74. The van der Waals surface area contributed by atoms with Crippen LogP contribution in [0, 0.1) is 13.8 Å². The average molecular weight is 466 g/mol. The number of fused-ring (bicyclic) bond motifs is 2. The molecule has 0 spiro atoms. The number of hydrogen-bond donors (Lipinski definition) is 2. The molecule has 176 valence electrons. The molecule has 0 radical (unpaired) electrons. The normalized spacial score (nSPS) is 13.4. The smallest absolute Gasteiger partial charge is 0.218 e. The maximum absolute atomic E-state index is 6.08. The summed E-state index contributed by atoms with van der Waals surface area (Å²) in [5.41, 5.74) is 12.8. The Morgan fingerprint density at radius 2 is 1.94 bits per heavy atom. The fourth-order valence-corrected chi connectivity index (χ4v) is 4.63. The highest BCUT2D eigenvalue weighted by Crippen LogP contribution is 2.39. The zero-order valence-corrected chi connectivity index (χ0v) is 19.8. The first-order valence-electron chi connectivity index (χ1n) is 11.8. The van der Waals surface area contributed by atoms with Crippen LogP contribution in [-0.4, -0.2) is 24.3 Å². The highest BCUT2D eigenvalue weighted by Gasteiger charge is 2.23. The van der Waals surface area contributed by atoms with Gasteiger partial charge in [0.2, 0.25) is 5.88 Å². The summed E-state index contributed by atoms with van der Waals surface area (Å²) in [7, 11) is 0. The van der Waals surface area contributed by atoms with Crippen molar-refractivity contribution in [2.75, 3.05) is 11.1 Å². The van der Waals surface area contributed by atoms with E-state index in [-0.39, 0.29) is 0 Å². The van der Waals surface area contributed by atoms with Crippen molar-refractivity contribution in [1.82, 2.24) is 24.3 Å². The van der Waals surface area contributed by atoms with Crippen molar-refractivity contribution in [2.45, 2.75) is 45.8 Å². The lowest BCUT2D eigenvalue weighted by Crippen LogP contribution is -2.07. The van der Waals surface area contributed by atoms with Crippen LogP contribution in [0.15, 0.2) is 55.2 Å². The molecular formula is C27H27N7O. The fourth-order valence-electron chi connectivity index (χ4n) is 4.63. The maximum atomic E-state index is 6.08. The third-order valence-electron chi connectivity index (χ3n) is 6.74. The van der Waals surface area contributed by atoms with Gasteiger partial charge in [-0.15, -0.1) is 0 Å². The van der Waals surface area contributed by atoms with Crippen LogP contribution in [0.5, 0.6) is 5.88 Å². The van der Waals surface area contributed by atoms with Gasteiger partial charge in [0.15, 0.2) is 0 Å². The summed E-state index contributed by atoms with van der Waals surface area (Å²) >= 11 is 0. The van der Waals surface area contributed by atoms with Gasteiger partial charge in [-0.3, -0.25) is 0 Å². The van der Waals surface area contributed by atoms with Gasteiger partial charge in [-0.05, 0) is 78.4 Å². The molecule has 0 saturated heterocycles. The molecule has 1 aromatic carbocycles. The first-order valence-corrected chi connectivity index (χ1v) is 11.8. The minimum Gasteiger partial charge on any atom is -0.471 e. The number of rotatable bonds is 7. The Bertz CT molecular complexity index is 1550. The molecule has 8 heteroatoms. The van der Waals surface area contributed by atoms with Gasteiger partial charge in [0.1, 0.15) is 30.2 Å². The summed E-state index contributed by atoms with van der Waals surface area (Å²) in [6.07, 6.45) is 10.0. The number of nitrogens with two attached hydrogens (primary N) is 1. The second-order valence-corrected chi connectivity index (χ2v) is 9.21. The highest BCUT2D eigenvalue weighted by molar-refractivity contribution is 5.94. The molecule has 1 fully saturated rings. The van der Waals surface area contributed by atoms with Gasteiger partial charge in [0.25, 0.3) is 0 Å². The first kappa shape index (κ1) is 21.3. The maximum Gasteiger partial charge on any atom is 0.218 e. The lowest BCUT2D eigenvalue weighted by molar-refractivity contribution is 0.289. The number of nitrogens with one attached hydrogen (secondary N) is 1. The molecule has 8 nitrogen and oxygen atoms in total. The molecule has 1 saturated carbocycles. The molecule has 1 aliphatic carbocycles. The molecule has 0 amide bonds. The van der Waals surface area contributed by atoms with Crippen LogP contribution in [0.4, 0.5) is 11.6 Å². The Morgan fingerprint density at radius 1 is 1.06 bits per heavy atom. The number of hydrogen-bond acceptors (Lipinski definition) is 7. The summed E-state index contributed by atoms with van der Waals surface area (Å²) in [5, 5.41) is 5.51. The van der Waals surface area contributed by atoms with Crippen LogP contribution in [0.3, 0.4) is 0 Å². The van der Waals surface area contributed by atoms with Crippen molar-refractivity contribution < 1.29 is 4.74 Å². The average Bonchev–Trinajstić information content (AvgIpc) is 3.63. The van der Waals surface area contributed by atoms with Gasteiger partial charge in [-0.1, -0.05) is 6.07 Å². The molecule has 0 atom stereocenters. The zero-order valence-electron chi connectivity index (χ0n) is 19.8.